The van der Waals surface area contributed by atoms with Crippen molar-refractivity contribution in [2.24, 2.45) is 0 Å². The molecule has 0 aliphatic carbocycles. The van der Waals surface area contributed by atoms with Gasteiger partial charge in [0.1, 0.15) is 0 Å². The number of hydrogen-bond donors (Lipinski definition) is 2. The van der Waals surface area contributed by atoms with Crippen LogP contribution in [0.25, 0.3) is 0 Å². The van der Waals surface area contributed by atoms with Crippen LogP contribution in [-0.2, 0) is 17.9 Å². The molecule has 0 radical (unpaired) electrons. The summed E-state index contributed by atoms with van der Waals surface area (Å²) in [5.41, 5.74) is 3.07. The van der Waals surface area contributed by atoms with E-state index in [4.69, 9.17) is 0 Å². The van der Waals surface area contributed by atoms with Crippen molar-refractivity contribution >= 4 is 17.3 Å². The highest BCUT2D eigenvalue weighted by Gasteiger charge is 2.02. The molecule has 4 heteroatoms. The largest absolute Gasteiger partial charge is 0.379 e. The van der Waals surface area contributed by atoms with E-state index in [0.29, 0.717) is 6.42 Å². The number of carbonyl (C=O) groups excluding carboxylic acids is 1. The Kier molecular flexibility index (Phi) is 4.82. The molecule has 1 amide bonds. The molecule has 20 heavy (non-hydrogen) atoms. The SMILES string of the molecule is CCC(=O)Nc1cccc(NCc2cccn2CC)c1. The number of nitrogens with zero attached hydrogens (tertiary/aromatic N) is 1. The Bertz CT molecular complexity index is 575. The lowest BCUT2D eigenvalue weighted by molar-refractivity contribution is -0.115. The summed E-state index contributed by atoms with van der Waals surface area (Å²) in [6, 6.07) is 11.9. The van der Waals surface area contributed by atoms with Crippen LogP contribution in [0, 0.1) is 0 Å². The minimum Gasteiger partial charge on any atom is -0.379 e. The molecular formula is C16H21N3O. The van der Waals surface area contributed by atoms with E-state index >= 15 is 0 Å². The molecular weight excluding hydrogens is 250 g/mol. The van der Waals surface area contributed by atoms with Gasteiger partial charge in [-0.25, -0.2) is 0 Å². The summed E-state index contributed by atoms with van der Waals surface area (Å²) >= 11 is 0. The second-order valence-corrected chi connectivity index (χ2v) is 4.62. The Balaban J connectivity index is 1.99. The highest BCUT2D eigenvalue weighted by Crippen LogP contribution is 2.16. The fourth-order valence-electron chi connectivity index (χ4n) is 2.07. The van der Waals surface area contributed by atoms with Crippen LogP contribution in [0.1, 0.15) is 26.0 Å². The van der Waals surface area contributed by atoms with Crippen LogP contribution in [0.2, 0.25) is 0 Å². The first kappa shape index (κ1) is 14.2. The first-order valence-corrected chi connectivity index (χ1v) is 7.00. The number of carbonyl (C=O) groups is 1. The molecule has 0 aliphatic heterocycles. The van der Waals surface area contributed by atoms with E-state index in [-0.39, 0.29) is 5.91 Å². The van der Waals surface area contributed by atoms with Crippen molar-refractivity contribution in [1.82, 2.24) is 4.57 Å². The third-order valence-electron chi connectivity index (χ3n) is 3.21. The van der Waals surface area contributed by atoms with Crippen molar-refractivity contribution in [3.63, 3.8) is 0 Å². The zero-order valence-electron chi connectivity index (χ0n) is 12.0. The third-order valence-corrected chi connectivity index (χ3v) is 3.21. The van der Waals surface area contributed by atoms with Crippen LogP contribution in [-0.4, -0.2) is 10.5 Å². The van der Waals surface area contributed by atoms with Gasteiger partial charge in [0.15, 0.2) is 0 Å². The van der Waals surface area contributed by atoms with Gasteiger partial charge >= 0.3 is 0 Å². The standard InChI is InChI=1S/C16H21N3O/c1-3-16(20)18-14-8-5-7-13(11-14)17-12-15-9-6-10-19(15)4-2/h5-11,17H,3-4,12H2,1-2H3,(H,18,20). The maximum Gasteiger partial charge on any atom is 0.224 e. The first-order valence-electron chi connectivity index (χ1n) is 7.00. The average Bonchev–Trinajstić information content (AvgIpc) is 2.93. The summed E-state index contributed by atoms with van der Waals surface area (Å²) in [6.45, 7) is 5.71. The third kappa shape index (κ3) is 3.63. The zero-order chi connectivity index (χ0) is 14.4. The Labute approximate surface area is 119 Å². The van der Waals surface area contributed by atoms with Gasteiger partial charge in [-0.2, -0.15) is 0 Å². The Hall–Kier alpha value is -2.23. The Morgan fingerprint density at radius 3 is 2.70 bits per heavy atom. The lowest BCUT2D eigenvalue weighted by atomic mass is 10.2. The van der Waals surface area contributed by atoms with Gasteiger partial charge < -0.3 is 15.2 Å². The van der Waals surface area contributed by atoms with Gasteiger partial charge in [0, 0.05) is 36.2 Å². The summed E-state index contributed by atoms with van der Waals surface area (Å²) in [7, 11) is 0. The van der Waals surface area contributed by atoms with E-state index in [1.165, 1.54) is 5.69 Å². The monoisotopic (exact) mass is 271 g/mol. The van der Waals surface area contributed by atoms with Crippen molar-refractivity contribution in [2.45, 2.75) is 33.4 Å². The number of amides is 1. The minimum atomic E-state index is 0.0296. The van der Waals surface area contributed by atoms with Crippen LogP contribution in [0.3, 0.4) is 0 Å². The number of rotatable bonds is 6. The fraction of sp³-hybridized carbons (Fsp3) is 0.312. The van der Waals surface area contributed by atoms with E-state index in [0.717, 1.165) is 24.5 Å². The summed E-state index contributed by atoms with van der Waals surface area (Å²) in [4.78, 5) is 11.4. The predicted molar refractivity (Wildman–Crippen MR) is 82.8 cm³/mol. The van der Waals surface area contributed by atoms with Crippen LogP contribution in [0.4, 0.5) is 11.4 Å². The molecule has 0 fully saturated rings. The molecule has 0 aliphatic rings. The molecule has 0 unspecified atom stereocenters. The molecule has 1 aromatic heterocycles. The van der Waals surface area contributed by atoms with Crippen LogP contribution in [0.5, 0.6) is 0 Å². The van der Waals surface area contributed by atoms with Gasteiger partial charge in [-0.15, -0.1) is 0 Å². The normalized spacial score (nSPS) is 10.3. The molecule has 0 saturated carbocycles. The quantitative estimate of drug-likeness (QED) is 0.845. The van der Waals surface area contributed by atoms with Gasteiger partial charge in [-0.1, -0.05) is 13.0 Å². The van der Waals surface area contributed by atoms with Crippen LogP contribution < -0.4 is 10.6 Å². The maximum atomic E-state index is 11.4. The molecule has 0 bridgehead atoms. The van der Waals surface area contributed by atoms with Gasteiger partial charge in [-0.3, -0.25) is 4.79 Å². The molecule has 0 saturated heterocycles. The van der Waals surface area contributed by atoms with Crippen molar-refractivity contribution in [2.75, 3.05) is 10.6 Å². The summed E-state index contributed by atoms with van der Waals surface area (Å²) < 4.78 is 2.20. The fourth-order valence-corrected chi connectivity index (χ4v) is 2.07. The second kappa shape index (κ2) is 6.80. The topological polar surface area (TPSA) is 46.1 Å². The second-order valence-electron chi connectivity index (χ2n) is 4.62. The molecule has 2 rings (SSSR count). The van der Waals surface area contributed by atoms with Crippen LogP contribution in [0.15, 0.2) is 42.6 Å². The molecule has 106 valence electrons. The molecule has 2 N–H and O–H groups in total. The number of aromatic nitrogens is 1. The minimum absolute atomic E-state index is 0.0296. The zero-order valence-corrected chi connectivity index (χ0v) is 12.0. The van der Waals surface area contributed by atoms with Crippen molar-refractivity contribution < 1.29 is 4.79 Å². The van der Waals surface area contributed by atoms with E-state index in [1.54, 1.807) is 0 Å². The van der Waals surface area contributed by atoms with Gasteiger partial charge in [0.25, 0.3) is 0 Å². The number of benzene rings is 1. The average molecular weight is 271 g/mol. The predicted octanol–water partition coefficient (Wildman–Crippen LogP) is 3.47. The Morgan fingerprint density at radius 2 is 1.95 bits per heavy atom. The van der Waals surface area contributed by atoms with Crippen molar-refractivity contribution in [1.29, 1.82) is 0 Å². The molecule has 0 atom stereocenters. The molecule has 2 aromatic rings. The Morgan fingerprint density at radius 1 is 1.15 bits per heavy atom. The first-order chi connectivity index (χ1) is 9.72. The lowest BCUT2D eigenvalue weighted by Gasteiger charge is -2.11. The molecule has 4 nitrogen and oxygen atoms in total. The van der Waals surface area contributed by atoms with Gasteiger partial charge in [0.05, 0.1) is 6.54 Å². The number of nitrogens with one attached hydrogen (secondary N) is 2. The smallest absolute Gasteiger partial charge is 0.224 e. The van der Waals surface area contributed by atoms with E-state index in [1.807, 2.05) is 31.2 Å². The van der Waals surface area contributed by atoms with Gasteiger partial charge in [-0.05, 0) is 37.3 Å². The highest BCUT2D eigenvalue weighted by atomic mass is 16.1. The van der Waals surface area contributed by atoms with Crippen LogP contribution >= 0.6 is 0 Å². The summed E-state index contributed by atoms with van der Waals surface area (Å²) in [6.07, 6.45) is 2.57. The maximum absolute atomic E-state index is 11.4. The summed E-state index contributed by atoms with van der Waals surface area (Å²) in [5, 5.41) is 6.24. The van der Waals surface area contributed by atoms with Gasteiger partial charge in [0.2, 0.25) is 5.91 Å². The highest BCUT2D eigenvalue weighted by molar-refractivity contribution is 5.90. The lowest BCUT2D eigenvalue weighted by Crippen LogP contribution is -2.10. The number of anilines is 2. The summed E-state index contributed by atoms with van der Waals surface area (Å²) in [5.74, 6) is 0.0296. The molecule has 0 spiro atoms. The number of aryl methyl sites for hydroxylation is 1. The van der Waals surface area contributed by atoms with Crippen molar-refractivity contribution in [3.05, 3.63) is 48.3 Å². The van der Waals surface area contributed by atoms with E-state index in [2.05, 4.69) is 40.5 Å². The van der Waals surface area contributed by atoms with E-state index in [9.17, 15) is 4.79 Å². The molecule has 1 heterocycles. The molecule has 1 aromatic carbocycles. The van der Waals surface area contributed by atoms with E-state index < -0.39 is 0 Å². The van der Waals surface area contributed by atoms with Crippen molar-refractivity contribution in [3.8, 4) is 0 Å². The number of hydrogen-bond acceptors (Lipinski definition) is 2.